The van der Waals surface area contributed by atoms with Gasteiger partial charge in [-0.1, -0.05) is 22.0 Å². The Morgan fingerprint density at radius 1 is 1.11 bits per heavy atom. The Hall–Kier alpha value is -3.63. The van der Waals surface area contributed by atoms with Crippen LogP contribution in [0.4, 0.5) is 14.5 Å². The van der Waals surface area contributed by atoms with Gasteiger partial charge < -0.3 is 20.0 Å². The number of halogens is 3. The van der Waals surface area contributed by atoms with E-state index in [-0.39, 0.29) is 30.7 Å². The van der Waals surface area contributed by atoms with Crippen molar-refractivity contribution in [1.82, 2.24) is 15.2 Å². The van der Waals surface area contributed by atoms with Crippen LogP contribution < -0.4 is 10.6 Å². The molecule has 0 radical (unpaired) electrons. The Balaban J connectivity index is 1.40. The molecule has 188 valence electrons. The number of amides is 1. The molecule has 0 saturated carbocycles. The lowest BCUT2D eigenvalue weighted by Crippen LogP contribution is -2.32. The van der Waals surface area contributed by atoms with Crippen LogP contribution >= 0.6 is 28.1 Å². The van der Waals surface area contributed by atoms with Crippen molar-refractivity contribution in [2.75, 3.05) is 11.9 Å². The Morgan fingerprint density at radius 2 is 1.92 bits per heavy atom. The third kappa shape index (κ3) is 5.55. The van der Waals surface area contributed by atoms with Crippen LogP contribution in [-0.2, 0) is 4.79 Å². The van der Waals surface area contributed by atoms with E-state index in [0.29, 0.717) is 32.4 Å². The van der Waals surface area contributed by atoms with E-state index in [2.05, 4.69) is 31.5 Å². The smallest absolute Gasteiger partial charge is 0.226 e. The Morgan fingerprint density at radius 3 is 2.65 bits per heavy atom. The molecule has 4 aromatic rings. The zero-order chi connectivity index (χ0) is 25.9. The van der Waals surface area contributed by atoms with E-state index in [1.54, 1.807) is 30.5 Å². The zero-order valence-corrected chi connectivity index (χ0v) is 21.7. The molecular weight excluding hydrogens is 562 g/mol. The summed E-state index contributed by atoms with van der Waals surface area (Å²) in [6.07, 6.45) is 1.82. The molecule has 1 saturated heterocycles. The summed E-state index contributed by atoms with van der Waals surface area (Å²) in [5.41, 5.74) is 1.59. The molecule has 2 aromatic heterocycles. The maximum atomic E-state index is 14.6. The lowest BCUT2D eigenvalue weighted by Gasteiger charge is -2.25. The highest BCUT2D eigenvalue weighted by atomic mass is 79.9. The average Bonchev–Trinajstić information content (AvgIpc) is 3.49. The second kappa shape index (κ2) is 10.8. The number of anilines is 1. The fourth-order valence-corrected chi connectivity index (χ4v) is 4.94. The standard InChI is InChI=1S/C27H21BrF2N4O2S/c28-16-4-9-19(20(30)15-16)22-10-11-23(36-22)26-25(21-3-1-2-13-31-21)33-27(37)34(26)14-12-24(35)32-18-7-5-17(29)6-8-18/h1-11,13,15,25-26H,12,14H2,(H,32,35)(H,33,37)/t25-,26-/m0/s1. The second-order valence-electron chi connectivity index (χ2n) is 8.45. The number of rotatable bonds is 7. The van der Waals surface area contributed by atoms with Gasteiger partial charge in [-0.2, -0.15) is 0 Å². The largest absolute Gasteiger partial charge is 0.459 e. The highest BCUT2D eigenvalue weighted by Gasteiger charge is 2.41. The SMILES string of the molecule is O=C(CCN1C(=S)N[C@@H](c2ccccn2)[C@@H]1c1ccc(-c2ccc(Br)cc2F)o1)Nc1ccc(F)cc1. The maximum absolute atomic E-state index is 14.6. The molecule has 2 aromatic carbocycles. The minimum atomic E-state index is -0.423. The summed E-state index contributed by atoms with van der Waals surface area (Å²) in [5, 5.41) is 6.51. The highest BCUT2D eigenvalue weighted by Crippen LogP contribution is 2.41. The number of aromatic nitrogens is 1. The number of nitrogens with zero attached hydrogens (tertiary/aromatic N) is 2. The van der Waals surface area contributed by atoms with Gasteiger partial charge in [-0.15, -0.1) is 0 Å². The fraction of sp³-hybridized carbons (Fsp3) is 0.148. The number of nitrogens with one attached hydrogen (secondary N) is 2. The van der Waals surface area contributed by atoms with Crippen molar-refractivity contribution in [3.63, 3.8) is 0 Å². The number of thiocarbonyl (C=S) groups is 1. The van der Waals surface area contributed by atoms with Gasteiger partial charge in [-0.05, 0) is 78.9 Å². The molecule has 0 unspecified atom stereocenters. The van der Waals surface area contributed by atoms with Crippen LogP contribution in [0.15, 0.2) is 87.9 Å². The van der Waals surface area contributed by atoms with Crippen molar-refractivity contribution in [1.29, 1.82) is 0 Å². The van der Waals surface area contributed by atoms with E-state index in [9.17, 15) is 13.6 Å². The van der Waals surface area contributed by atoms with E-state index in [1.807, 2.05) is 23.1 Å². The van der Waals surface area contributed by atoms with Crippen molar-refractivity contribution in [2.24, 2.45) is 0 Å². The molecule has 1 aliphatic rings. The molecule has 10 heteroatoms. The van der Waals surface area contributed by atoms with E-state index in [0.717, 1.165) is 5.69 Å². The van der Waals surface area contributed by atoms with Crippen LogP contribution in [0.1, 0.15) is 30.0 Å². The molecule has 37 heavy (non-hydrogen) atoms. The van der Waals surface area contributed by atoms with Crippen molar-refractivity contribution in [2.45, 2.75) is 18.5 Å². The minimum absolute atomic E-state index is 0.125. The highest BCUT2D eigenvalue weighted by molar-refractivity contribution is 9.10. The Kier molecular flexibility index (Phi) is 7.29. The Labute approximate surface area is 225 Å². The third-order valence-corrected chi connectivity index (χ3v) is 6.87. The van der Waals surface area contributed by atoms with Gasteiger partial charge in [0.25, 0.3) is 0 Å². The van der Waals surface area contributed by atoms with Crippen LogP contribution in [-0.4, -0.2) is 27.4 Å². The number of pyridine rings is 1. The first-order valence-corrected chi connectivity index (χ1v) is 12.7. The van der Waals surface area contributed by atoms with Crippen LogP contribution in [0.5, 0.6) is 0 Å². The van der Waals surface area contributed by atoms with Crippen molar-refractivity contribution in [3.8, 4) is 11.3 Å². The first kappa shape index (κ1) is 25.0. The van der Waals surface area contributed by atoms with Crippen LogP contribution in [0, 0.1) is 11.6 Å². The van der Waals surface area contributed by atoms with Gasteiger partial charge >= 0.3 is 0 Å². The molecule has 5 rings (SSSR count). The number of furan rings is 1. The van der Waals surface area contributed by atoms with E-state index in [4.69, 9.17) is 16.6 Å². The molecule has 0 bridgehead atoms. The predicted molar refractivity (Wildman–Crippen MR) is 144 cm³/mol. The van der Waals surface area contributed by atoms with Gasteiger partial charge in [-0.3, -0.25) is 9.78 Å². The summed E-state index contributed by atoms with van der Waals surface area (Å²) in [4.78, 5) is 19.0. The number of carbonyl (C=O) groups excluding carboxylic acids is 1. The summed E-state index contributed by atoms with van der Waals surface area (Å²) >= 11 is 8.91. The fourth-order valence-electron chi connectivity index (χ4n) is 4.28. The summed E-state index contributed by atoms with van der Waals surface area (Å²) in [6, 6.07) is 18.7. The van der Waals surface area contributed by atoms with E-state index >= 15 is 0 Å². The summed E-state index contributed by atoms with van der Waals surface area (Å²) in [5.74, 6) is -0.0981. The van der Waals surface area contributed by atoms with Gasteiger partial charge in [0.05, 0.1) is 17.3 Å². The molecule has 1 amide bonds. The summed E-state index contributed by atoms with van der Waals surface area (Å²) in [7, 11) is 0. The first-order chi connectivity index (χ1) is 17.9. The second-order valence-corrected chi connectivity index (χ2v) is 9.75. The minimum Gasteiger partial charge on any atom is -0.459 e. The Bertz CT molecular complexity index is 1430. The monoisotopic (exact) mass is 582 g/mol. The van der Waals surface area contributed by atoms with E-state index in [1.165, 1.54) is 30.3 Å². The number of hydrogen-bond donors (Lipinski definition) is 2. The summed E-state index contributed by atoms with van der Waals surface area (Å²) < 4.78 is 34.6. The number of hydrogen-bond acceptors (Lipinski definition) is 4. The van der Waals surface area contributed by atoms with Gasteiger partial charge in [-0.25, -0.2) is 8.78 Å². The summed E-state index contributed by atoms with van der Waals surface area (Å²) in [6.45, 7) is 0.287. The normalized spacial score (nSPS) is 17.1. The predicted octanol–water partition coefficient (Wildman–Crippen LogP) is 6.38. The van der Waals surface area contributed by atoms with Crippen molar-refractivity contribution < 1.29 is 18.0 Å². The molecule has 1 aliphatic heterocycles. The van der Waals surface area contributed by atoms with E-state index < -0.39 is 11.9 Å². The zero-order valence-electron chi connectivity index (χ0n) is 19.3. The molecule has 2 N–H and O–H groups in total. The quantitative estimate of drug-likeness (QED) is 0.246. The van der Waals surface area contributed by atoms with Gasteiger partial charge in [0.15, 0.2) is 5.11 Å². The molecule has 3 heterocycles. The average molecular weight is 583 g/mol. The number of benzene rings is 2. The third-order valence-electron chi connectivity index (χ3n) is 6.02. The van der Waals surface area contributed by atoms with Gasteiger partial charge in [0.2, 0.25) is 5.91 Å². The lowest BCUT2D eigenvalue weighted by atomic mass is 10.0. The first-order valence-electron chi connectivity index (χ1n) is 11.5. The molecule has 6 nitrogen and oxygen atoms in total. The number of carbonyl (C=O) groups is 1. The molecule has 2 atom stereocenters. The van der Waals surface area contributed by atoms with Gasteiger partial charge in [0.1, 0.15) is 29.2 Å². The maximum Gasteiger partial charge on any atom is 0.226 e. The van der Waals surface area contributed by atoms with Crippen LogP contribution in [0.25, 0.3) is 11.3 Å². The molecule has 0 spiro atoms. The topological polar surface area (TPSA) is 70.4 Å². The van der Waals surface area contributed by atoms with Crippen LogP contribution in [0.3, 0.4) is 0 Å². The van der Waals surface area contributed by atoms with Crippen LogP contribution in [0.2, 0.25) is 0 Å². The lowest BCUT2D eigenvalue weighted by molar-refractivity contribution is -0.116. The molecule has 0 aliphatic carbocycles. The molecular formula is C27H21BrF2N4O2S. The molecule has 1 fully saturated rings. The van der Waals surface area contributed by atoms with Crippen molar-refractivity contribution >= 4 is 44.9 Å². The van der Waals surface area contributed by atoms with Gasteiger partial charge in [0, 0.05) is 29.3 Å². The van der Waals surface area contributed by atoms with Crippen molar-refractivity contribution in [3.05, 3.63) is 107 Å².